The van der Waals surface area contributed by atoms with Gasteiger partial charge in [-0.2, -0.15) is 0 Å². The van der Waals surface area contributed by atoms with Gasteiger partial charge in [0.2, 0.25) is 11.8 Å². The van der Waals surface area contributed by atoms with E-state index in [0.717, 1.165) is 12.0 Å². The van der Waals surface area contributed by atoms with Crippen LogP contribution in [-0.2, 0) is 16.0 Å². The van der Waals surface area contributed by atoms with Crippen molar-refractivity contribution < 1.29 is 14.0 Å². The minimum atomic E-state index is -0.224. The van der Waals surface area contributed by atoms with E-state index in [2.05, 4.69) is 27.7 Å². The molecule has 1 aromatic rings. The van der Waals surface area contributed by atoms with Crippen LogP contribution in [0.1, 0.15) is 57.7 Å². The maximum Gasteiger partial charge on any atom is 0.242 e. The fourth-order valence-corrected chi connectivity index (χ4v) is 4.46. The molecule has 142 valence electrons. The van der Waals surface area contributed by atoms with Gasteiger partial charge in [0, 0.05) is 19.5 Å². The molecule has 0 spiro atoms. The molecule has 0 aromatic heterocycles. The molecule has 2 heterocycles. The Balaban J connectivity index is 1.75. The second-order valence-electron chi connectivity index (χ2n) is 9.01. The van der Waals surface area contributed by atoms with Gasteiger partial charge in [-0.25, -0.2) is 4.39 Å². The average molecular weight is 360 g/mol. The smallest absolute Gasteiger partial charge is 0.242 e. The largest absolute Gasteiger partial charge is 0.332 e. The van der Waals surface area contributed by atoms with Crippen LogP contribution in [0.3, 0.4) is 0 Å². The summed E-state index contributed by atoms with van der Waals surface area (Å²) in [5.41, 5.74) is 1.72. The van der Waals surface area contributed by atoms with Crippen LogP contribution in [0.2, 0.25) is 0 Å². The van der Waals surface area contributed by atoms with Crippen molar-refractivity contribution in [1.82, 2.24) is 9.80 Å². The molecule has 1 aromatic carbocycles. The van der Waals surface area contributed by atoms with Crippen LogP contribution in [0.4, 0.5) is 4.39 Å². The van der Waals surface area contributed by atoms with Crippen LogP contribution in [-0.4, -0.2) is 41.2 Å². The maximum atomic E-state index is 14.1. The Kier molecular flexibility index (Phi) is 5.09. The SMILES string of the molecule is CC(CC(=O)N1CC(=O)N2CCc3c(F)cccc3C2C1)CC(C)(C)C. The van der Waals surface area contributed by atoms with E-state index in [1.54, 1.807) is 11.0 Å². The summed E-state index contributed by atoms with van der Waals surface area (Å²) in [7, 11) is 0. The van der Waals surface area contributed by atoms with Crippen LogP contribution in [0.15, 0.2) is 18.2 Å². The third-order valence-corrected chi connectivity index (χ3v) is 5.37. The van der Waals surface area contributed by atoms with Crippen molar-refractivity contribution >= 4 is 11.8 Å². The average Bonchev–Trinajstić information content (AvgIpc) is 2.53. The molecule has 0 aliphatic carbocycles. The highest BCUT2D eigenvalue weighted by Gasteiger charge is 2.39. The second-order valence-corrected chi connectivity index (χ2v) is 9.01. The summed E-state index contributed by atoms with van der Waals surface area (Å²) < 4.78 is 14.1. The van der Waals surface area contributed by atoms with Gasteiger partial charge in [0.15, 0.2) is 0 Å². The minimum Gasteiger partial charge on any atom is -0.332 e. The molecule has 0 N–H and O–H groups in total. The van der Waals surface area contributed by atoms with Crippen LogP contribution < -0.4 is 0 Å². The fourth-order valence-electron chi connectivity index (χ4n) is 4.46. The molecule has 2 unspecified atom stereocenters. The van der Waals surface area contributed by atoms with Gasteiger partial charge in [0.1, 0.15) is 5.82 Å². The molecule has 2 aliphatic heterocycles. The van der Waals surface area contributed by atoms with Crippen molar-refractivity contribution in [2.24, 2.45) is 11.3 Å². The Morgan fingerprint density at radius 1 is 1.35 bits per heavy atom. The predicted octanol–water partition coefficient (Wildman–Crippen LogP) is 3.56. The van der Waals surface area contributed by atoms with Crippen molar-refractivity contribution in [3.8, 4) is 0 Å². The lowest BCUT2D eigenvalue weighted by atomic mass is 9.84. The van der Waals surface area contributed by atoms with Gasteiger partial charge in [-0.15, -0.1) is 0 Å². The Labute approximate surface area is 155 Å². The number of hydrogen-bond donors (Lipinski definition) is 0. The highest BCUT2D eigenvalue weighted by atomic mass is 19.1. The zero-order valence-corrected chi connectivity index (χ0v) is 16.2. The van der Waals surface area contributed by atoms with E-state index in [4.69, 9.17) is 0 Å². The van der Waals surface area contributed by atoms with E-state index in [1.807, 2.05) is 11.0 Å². The molecule has 0 bridgehead atoms. The van der Waals surface area contributed by atoms with E-state index in [1.165, 1.54) is 6.07 Å². The summed E-state index contributed by atoms with van der Waals surface area (Å²) in [6.07, 6.45) is 1.96. The molecule has 1 saturated heterocycles. The monoisotopic (exact) mass is 360 g/mol. The Morgan fingerprint density at radius 3 is 2.77 bits per heavy atom. The number of piperazine rings is 1. The van der Waals surface area contributed by atoms with Crippen molar-refractivity contribution in [1.29, 1.82) is 0 Å². The third kappa shape index (κ3) is 3.92. The first-order chi connectivity index (χ1) is 12.2. The lowest BCUT2D eigenvalue weighted by Crippen LogP contribution is -2.56. The minimum absolute atomic E-state index is 0.0262. The third-order valence-electron chi connectivity index (χ3n) is 5.37. The topological polar surface area (TPSA) is 40.6 Å². The predicted molar refractivity (Wildman–Crippen MR) is 99.0 cm³/mol. The lowest BCUT2D eigenvalue weighted by molar-refractivity contribution is -0.150. The number of carbonyl (C=O) groups excluding carboxylic acids is 2. The van der Waals surface area contributed by atoms with Gasteiger partial charge in [0.25, 0.3) is 0 Å². The summed E-state index contributed by atoms with van der Waals surface area (Å²) >= 11 is 0. The molecule has 2 aliphatic rings. The number of benzene rings is 1. The van der Waals surface area contributed by atoms with Gasteiger partial charge < -0.3 is 9.80 Å². The summed E-state index contributed by atoms with van der Waals surface area (Å²) in [5, 5.41) is 0. The standard InChI is InChI=1S/C21H29FN2O2/c1-14(11-21(2,3)4)10-19(25)23-12-18-16-6-5-7-17(22)15(16)8-9-24(18)20(26)13-23/h5-7,14,18H,8-13H2,1-4H3. The fraction of sp³-hybridized carbons (Fsp3) is 0.619. The van der Waals surface area contributed by atoms with E-state index in [0.29, 0.717) is 31.5 Å². The molecule has 3 rings (SSSR count). The second kappa shape index (κ2) is 7.01. The summed E-state index contributed by atoms with van der Waals surface area (Å²) in [5.74, 6) is 0.0508. The van der Waals surface area contributed by atoms with Crippen molar-refractivity contribution in [2.75, 3.05) is 19.6 Å². The summed E-state index contributed by atoms with van der Waals surface area (Å²) in [6.45, 7) is 9.73. The number of rotatable bonds is 3. The number of nitrogens with zero attached hydrogens (tertiary/aromatic N) is 2. The molecule has 5 heteroatoms. The van der Waals surface area contributed by atoms with Gasteiger partial charge in [0.05, 0.1) is 12.6 Å². The Bertz CT molecular complexity index is 710. The van der Waals surface area contributed by atoms with Gasteiger partial charge in [-0.3, -0.25) is 9.59 Å². The van der Waals surface area contributed by atoms with Crippen molar-refractivity contribution in [3.05, 3.63) is 35.1 Å². The lowest BCUT2D eigenvalue weighted by Gasteiger charge is -2.44. The van der Waals surface area contributed by atoms with Crippen LogP contribution in [0, 0.1) is 17.2 Å². The van der Waals surface area contributed by atoms with Crippen LogP contribution >= 0.6 is 0 Å². The summed E-state index contributed by atoms with van der Waals surface area (Å²) in [6, 6.07) is 4.82. The number of halogens is 1. The van der Waals surface area contributed by atoms with E-state index < -0.39 is 0 Å². The van der Waals surface area contributed by atoms with Crippen molar-refractivity contribution in [3.63, 3.8) is 0 Å². The first-order valence-electron chi connectivity index (χ1n) is 9.50. The maximum absolute atomic E-state index is 14.1. The van der Waals surface area contributed by atoms with E-state index in [9.17, 15) is 14.0 Å². The Hall–Kier alpha value is -1.91. The number of amides is 2. The van der Waals surface area contributed by atoms with Crippen LogP contribution in [0.5, 0.6) is 0 Å². The molecule has 2 atom stereocenters. The highest BCUT2D eigenvalue weighted by molar-refractivity contribution is 5.87. The molecule has 4 nitrogen and oxygen atoms in total. The number of carbonyl (C=O) groups is 2. The molecule has 2 amide bonds. The van der Waals surface area contributed by atoms with E-state index >= 15 is 0 Å². The zero-order chi connectivity index (χ0) is 19.1. The Morgan fingerprint density at radius 2 is 2.08 bits per heavy atom. The summed E-state index contributed by atoms with van der Waals surface area (Å²) in [4.78, 5) is 28.8. The first-order valence-corrected chi connectivity index (χ1v) is 9.50. The number of hydrogen-bond acceptors (Lipinski definition) is 2. The molecule has 0 saturated carbocycles. The zero-order valence-electron chi connectivity index (χ0n) is 16.2. The van der Waals surface area contributed by atoms with Gasteiger partial charge in [-0.05, 0) is 41.4 Å². The molecule has 0 radical (unpaired) electrons. The number of fused-ring (bicyclic) bond motifs is 3. The normalized spacial score (nSPS) is 21.3. The molecule has 1 fully saturated rings. The van der Waals surface area contributed by atoms with Gasteiger partial charge >= 0.3 is 0 Å². The molecular formula is C21H29FN2O2. The molecular weight excluding hydrogens is 331 g/mol. The van der Waals surface area contributed by atoms with Gasteiger partial charge in [-0.1, -0.05) is 39.8 Å². The van der Waals surface area contributed by atoms with E-state index in [-0.39, 0.29) is 41.6 Å². The first kappa shape index (κ1) is 18.9. The quantitative estimate of drug-likeness (QED) is 0.827. The van der Waals surface area contributed by atoms with Crippen molar-refractivity contribution in [2.45, 2.75) is 53.0 Å². The highest BCUT2D eigenvalue weighted by Crippen LogP contribution is 2.35. The van der Waals surface area contributed by atoms with Crippen LogP contribution in [0.25, 0.3) is 0 Å². The molecule has 26 heavy (non-hydrogen) atoms.